The number of nitro groups is 1. The fourth-order valence-corrected chi connectivity index (χ4v) is 15.4. The summed E-state index contributed by atoms with van der Waals surface area (Å²) >= 11 is 7.86. The van der Waals surface area contributed by atoms with E-state index in [0.29, 0.717) is 60.6 Å². The van der Waals surface area contributed by atoms with Crippen molar-refractivity contribution in [3.8, 4) is 16.3 Å². The van der Waals surface area contributed by atoms with Crippen molar-refractivity contribution in [2.24, 2.45) is 10.8 Å². The fourth-order valence-electron chi connectivity index (χ4n) is 13.5. The second-order valence-corrected chi connectivity index (χ2v) is 31.4. The van der Waals surface area contributed by atoms with Crippen molar-refractivity contribution in [1.82, 2.24) is 40.1 Å². The van der Waals surface area contributed by atoms with Crippen molar-refractivity contribution in [2.75, 3.05) is 127 Å². The van der Waals surface area contributed by atoms with Gasteiger partial charge in [0.2, 0.25) is 23.6 Å². The zero-order valence-corrected chi connectivity index (χ0v) is 62.1. The molecule has 3 aromatic heterocycles. The fraction of sp³-hybridized carbons (Fsp3) is 0.467. The number of aliphatic hydroxyl groups is 1. The maximum absolute atomic E-state index is 14.6. The second kappa shape index (κ2) is 34.6. The molecule has 2 fully saturated rings. The number of H-pyrrole nitrogens is 1. The summed E-state index contributed by atoms with van der Waals surface area (Å²) in [4.78, 5) is 88.0. The van der Waals surface area contributed by atoms with Crippen molar-refractivity contribution in [3.63, 3.8) is 0 Å². The molecule has 4 aromatic carbocycles. The van der Waals surface area contributed by atoms with Crippen molar-refractivity contribution >= 4 is 102 Å². The number of aromatic amines is 1. The SMILES string of the molecule is Cc1ncsc1-c1ccc(CNC(=O)[C@@H]2C[C@@H](O)CN2C(=O)[C@@H](NC(=O)CCOCCOCCOCCOCCNc2ccc(S(=O)(=O)NC(=O)c3ccc(N4CCN(CC5=C(c6ccc(Cl)cc6)CC(C)(C)CC5)CC4)cc3N3CCCOc4nc5[nH]ccc5cc43)cc2[N+](=O)[O-])C(C)(C)C)cc1. The van der Waals surface area contributed by atoms with Gasteiger partial charge >= 0.3 is 0 Å². The molecule has 0 saturated carbocycles. The largest absolute Gasteiger partial charge is 0.476 e. The lowest BCUT2D eigenvalue weighted by molar-refractivity contribution is -0.384. The van der Waals surface area contributed by atoms with E-state index < -0.39 is 72.8 Å². The van der Waals surface area contributed by atoms with E-state index in [1.54, 1.807) is 29.1 Å². The first kappa shape index (κ1) is 76.5. The number of sulfonamides is 1. The first-order chi connectivity index (χ1) is 49.9. The number of pyridine rings is 1. The average molecular weight is 1490 g/mol. The Morgan fingerprint density at radius 3 is 2.26 bits per heavy atom. The van der Waals surface area contributed by atoms with E-state index in [-0.39, 0.29) is 102 Å². The number of aromatic nitrogens is 3. The molecule has 6 N–H and O–H groups in total. The van der Waals surface area contributed by atoms with E-state index in [1.165, 1.54) is 33.7 Å². The molecule has 0 radical (unpaired) electrons. The quantitative estimate of drug-likeness (QED) is 0.0134. The maximum Gasteiger partial charge on any atom is 0.293 e. The molecule has 104 heavy (non-hydrogen) atoms. The van der Waals surface area contributed by atoms with Crippen LogP contribution in [-0.4, -0.2) is 197 Å². The van der Waals surface area contributed by atoms with Crippen molar-refractivity contribution in [2.45, 2.75) is 110 Å². The number of rotatable bonds is 31. The van der Waals surface area contributed by atoms with Crippen LogP contribution in [0.1, 0.15) is 100 Å². The smallest absolute Gasteiger partial charge is 0.293 e. The number of amides is 4. The normalized spacial score (nSPS) is 17.5. The highest BCUT2D eigenvalue weighted by Gasteiger charge is 2.45. The average Bonchev–Trinajstić information content (AvgIpc) is 1.15. The first-order valence-electron chi connectivity index (χ1n) is 35.3. The molecule has 1 aliphatic carbocycles. The van der Waals surface area contributed by atoms with E-state index in [9.17, 15) is 42.8 Å². The Hall–Kier alpha value is -8.58. The van der Waals surface area contributed by atoms with Gasteiger partial charge in [-0.2, -0.15) is 4.98 Å². The summed E-state index contributed by atoms with van der Waals surface area (Å²) in [7, 11) is -4.68. The molecule has 0 unspecified atom stereocenters. The molecule has 7 aromatic rings. The molecule has 4 amide bonds. The summed E-state index contributed by atoms with van der Waals surface area (Å²) in [5, 5.41) is 33.3. The minimum absolute atomic E-state index is 0.0313. The van der Waals surface area contributed by atoms with Gasteiger partial charge in [0.05, 0.1) is 103 Å². The van der Waals surface area contributed by atoms with E-state index in [0.717, 1.165) is 77.7 Å². The van der Waals surface area contributed by atoms with E-state index >= 15 is 0 Å². The van der Waals surface area contributed by atoms with Gasteiger partial charge in [0.25, 0.3) is 21.6 Å². The van der Waals surface area contributed by atoms with Gasteiger partial charge in [-0.3, -0.25) is 34.2 Å². The van der Waals surface area contributed by atoms with Gasteiger partial charge in [-0.1, -0.05) is 88.2 Å². The molecule has 3 aliphatic heterocycles. The lowest BCUT2D eigenvalue weighted by Gasteiger charge is -2.39. The second-order valence-electron chi connectivity index (χ2n) is 28.4. The Balaban J connectivity index is 0.604. The summed E-state index contributed by atoms with van der Waals surface area (Å²) in [6, 6.07) is 26.7. The van der Waals surface area contributed by atoms with Crippen LogP contribution in [-0.2, 0) is 49.9 Å². The lowest BCUT2D eigenvalue weighted by atomic mass is 9.72. The van der Waals surface area contributed by atoms with Gasteiger partial charge in [0.1, 0.15) is 29.1 Å². The number of benzene rings is 4. The van der Waals surface area contributed by atoms with Gasteiger partial charge in [-0.05, 0) is 120 Å². The summed E-state index contributed by atoms with van der Waals surface area (Å²) in [6.45, 7) is 18.6. The molecular formula is C75H93ClN12O14S2. The highest BCUT2D eigenvalue weighted by Crippen LogP contribution is 2.45. The zero-order chi connectivity index (χ0) is 73.7. The predicted molar refractivity (Wildman–Crippen MR) is 400 cm³/mol. The number of β-amino-alcohol motifs (C(OH)–C–C–N with tert-alkyl or cyclic N) is 1. The third kappa shape index (κ3) is 19.7. The molecule has 3 atom stereocenters. The van der Waals surface area contributed by atoms with Crippen LogP contribution in [0, 0.1) is 27.9 Å². The van der Waals surface area contributed by atoms with Gasteiger partial charge < -0.3 is 64.4 Å². The maximum atomic E-state index is 14.6. The lowest BCUT2D eigenvalue weighted by Crippen LogP contribution is -2.57. The van der Waals surface area contributed by atoms with Crippen LogP contribution in [0.2, 0.25) is 5.02 Å². The topological polar surface area (TPSA) is 315 Å². The van der Waals surface area contributed by atoms with Crippen LogP contribution in [0.15, 0.2) is 119 Å². The van der Waals surface area contributed by atoms with Gasteiger partial charge in [-0.25, -0.2) is 18.1 Å². The third-order valence-electron chi connectivity index (χ3n) is 19.1. The molecule has 0 spiro atoms. The summed E-state index contributed by atoms with van der Waals surface area (Å²) in [5.74, 6) is -1.83. The zero-order valence-electron chi connectivity index (χ0n) is 59.7. The van der Waals surface area contributed by atoms with Crippen LogP contribution < -0.4 is 35.2 Å². The number of piperazine rings is 1. The number of carbonyl (C=O) groups is 4. The molecule has 29 heteroatoms. The number of fused-ring (bicyclic) bond motifs is 2. The van der Waals surface area contributed by atoms with Crippen LogP contribution in [0.3, 0.4) is 0 Å². The van der Waals surface area contributed by atoms with Crippen molar-refractivity contribution in [3.05, 3.63) is 152 Å². The van der Waals surface area contributed by atoms with Crippen molar-refractivity contribution < 1.29 is 61.3 Å². The number of aryl methyl sites for hydroxylation is 1. The van der Waals surface area contributed by atoms with Gasteiger partial charge in [-0.15, -0.1) is 11.3 Å². The number of likely N-dealkylation sites (tertiary alicyclic amines) is 1. The molecule has 4 aliphatic rings. The Morgan fingerprint density at radius 1 is 0.865 bits per heavy atom. The number of nitrogens with zero attached hydrogens (tertiary/aromatic N) is 7. The number of ether oxygens (including phenoxy) is 5. The van der Waals surface area contributed by atoms with Crippen LogP contribution in [0.25, 0.3) is 27.0 Å². The van der Waals surface area contributed by atoms with Crippen LogP contribution >= 0.6 is 22.9 Å². The van der Waals surface area contributed by atoms with Crippen LogP contribution in [0.5, 0.6) is 5.88 Å². The number of hydrogen-bond acceptors (Lipinski definition) is 21. The van der Waals surface area contributed by atoms with E-state index in [4.69, 9.17) is 40.3 Å². The van der Waals surface area contributed by atoms with Gasteiger partial charge in [0, 0.05) is 100 Å². The summed E-state index contributed by atoms with van der Waals surface area (Å²) in [6.07, 6.45) is 4.61. The number of thiazole rings is 1. The number of carbonyl (C=O) groups excluding carboxylic acids is 4. The third-order valence-corrected chi connectivity index (χ3v) is 21.7. The van der Waals surface area contributed by atoms with E-state index in [1.807, 2.05) is 93.3 Å². The molecule has 11 rings (SSSR count). The number of nitro benzene ring substituents is 1. The Kier molecular flexibility index (Phi) is 25.4. The van der Waals surface area contributed by atoms with Crippen LogP contribution in [0.4, 0.5) is 28.4 Å². The Labute approximate surface area is 615 Å². The number of nitrogens with one attached hydrogen (secondary N) is 5. The predicted octanol–water partition coefficient (Wildman–Crippen LogP) is 10.1. The van der Waals surface area contributed by atoms with Gasteiger partial charge in [0.15, 0.2) is 0 Å². The highest BCUT2D eigenvalue weighted by atomic mass is 35.5. The Morgan fingerprint density at radius 2 is 1.57 bits per heavy atom. The molecule has 6 heterocycles. The number of anilines is 4. The number of allylic oxidation sites excluding steroid dienone is 1. The highest BCUT2D eigenvalue weighted by molar-refractivity contribution is 7.90. The minimum Gasteiger partial charge on any atom is -0.476 e. The number of aliphatic hydroxyl groups excluding tert-OH is 1. The number of halogens is 1. The first-order valence-corrected chi connectivity index (χ1v) is 38.0. The van der Waals surface area contributed by atoms with Crippen molar-refractivity contribution in [1.29, 1.82) is 0 Å². The molecular weight excluding hydrogens is 1390 g/mol. The monoisotopic (exact) mass is 1480 g/mol. The number of hydrogen-bond donors (Lipinski definition) is 6. The molecule has 26 nitrogen and oxygen atoms in total. The standard InChI is InChI=1S/C75H93ClN12O14S2/c1-49-67(103-48-80-49)52-10-8-50(9-11-52)45-79-71(92)64-42-57(89)47-87(64)73(93)68(74(2,3)4)81-66(90)22-32-98-34-36-100-38-39-101-37-35-99-33-25-77-61-19-17-58(43-63(61)88(94)95)104(96,97)83-70(91)59-18-16-56(41-62(59)86-26-7-31-102-72-65(86)40-53-21-24-78-69(53)82-72)85-29-27-84(28-30-85)46-54-20-23-75(5,6)44-60(54)51-12-14-55(76)15-13-51/h8-19,21,24,40-41,43,48,57,64,68,77,89H,7,20,22-23,25-39,42,44-47H2,1-6H3,(H,78,82)(H,79,92)(H,81,90)(H,83,91)/t57-,64+,68-/m1/s1. The minimum atomic E-state index is -4.68. The van der Waals surface area contributed by atoms with E-state index in [2.05, 4.69) is 66.4 Å². The molecule has 2 saturated heterocycles. The Bertz CT molecular complexity index is 4330. The summed E-state index contributed by atoms with van der Waals surface area (Å²) in [5.41, 5.74) is 10.3. The summed E-state index contributed by atoms with van der Waals surface area (Å²) < 4.78 is 59.2. The molecule has 0 bridgehead atoms. The molecule has 556 valence electrons.